The summed E-state index contributed by atoms with van der Waals surface area (Å²) in [7, 11) is 0. The predicted molar refractivity (Wildman–Crippen MR) is 93.1 cm³/mol. The van der Waals surface area contributed by atoms with Crippen LogP contribution in [0.5, 0.6) is 0 Å². The molecule has 9 atom stereocenters. The lowest BCUT2D eigenvalue weighted by Crippen LogP contribution is -2.57. The minimum Gasteiger partial charge on any atom is -0.393 e. The van der Waals surface area contributed by atoms with Crippen LogP contribution in [0.2, 0.25) is 0 Å². The standard InChI is InChI=1S/C20H32O4/c1-11-5-6-14-17(11)18-13(9-16(23)20(14,18)4)12(2)15(22)7-8-19(3,24)10-21/h7-8,11,13-18,21-24H,2,5-6,9-10H2,1,3-4H3/b8-7+/t11-,13+,14+,15?,16-,17-,18+,19?,20+/m1/s1. The van der Waals surface area contributed by atoms with Crippen molar-refractivity contribution in [3.8, 4) is 0 Å². The molecule has 4 N–H and O–H groups in total. The van der Waals surface area contributed by atoms with Crippen molar-refractivity contribution in [2.75, 3.05) is 6.61 Å². The molecule has 0 aromatic carbocycles. The van der Waals surface area contributed by atoms with Crippen LogP contribution in [-0.4, -0.2) is 44.8 Å². The summed E-state index contributed by atoms with van der Waals surface area (Å²) < 4.78 is 0. The SMILES string of the molecule is C=C(C(O)/C=C/C(C)(O)CO)[C@@H]1C[C@@H](O)[C@@]2(C)[C@@H]1[C@@H]1[C@H](C)CC[C@@H]12. The van der Waals surface area contributed by atoms with Gasteiger partial charge in [-0.05, 0) is 54.9 Å². The molecule has 4 heteroatoms. The maximum atomic E-state index is 10.7. The van der Waals surface area contributed by atoms with Gasteiger partial charge in [-0.15, -0.1) is 0 Å². The highest BCUT2D eigenvalue weighted by atomic mass is 16.3. The van der Waals surface area contributed by atoms with Gasteiger partial charge >= 0.3 is 0 Å². The molecule has 0 saturated heterocycles. The summed E-state index contributed by atoms with van der Waals surface area (Å²) in [6.07, 6.45) is 4.85. The summed E-state index contributed by atoms with van der Waals surface area (Å²) in [4.78, 5) is 0. The van der Waals surface area contributed by atoms with Crippen molar-refractivity contribution < 1.29 is 20.4 Å². The largest absolute Gasteiger partial charge is 0.393 e. The Morgan fingerprint density at radius 1 is 1.42 bits per heavy atom. The van der Waals surface area contributed by atoms with Gasteiger partial charge < -0.3 is 20.4 Å². The molecule has 3 fully saturated rings. The van der Waals surface area contributed by atoms with Gasteiger partial charge in [0.05, 0.1) is 18.8 Å². The van der Waals surface area contributed by atoms with Crippen LogP contribution in [0.4, 0.5) is 0 Å². The van der Waals surface area contributed by atoms with Gasteiger partial charge in [0.2, 0.25) is 0 Å². The lowest BCUT2D eigenvalue weighted by Gasteiger charge is -2.58. The van der Waals surface area contributed by atoms with Crippen LogP contribution in [-0.2, 0) is 0 Å². The summed E-state index contributed by atoms with van der Waals surface area (Å²) in [5.74, 6) is 2.42. The Bertz CT molecular complexity index is 540. The summed E-state index contributed by atoms with van der Waals surface area (Å²) >= 11 is 0. The van der Waals surface area contributed by atoms with Crippen molar-refractivity contribution in [1.82, 2.24) is 0 Å². The van der Waals surface area contributed by atoms with E-state index in [1.807, 2.05) is 0 Å². The second-order valence-corrected chi connectivity index (χ2v) is 8.88. The molecule has 3 aliphatic rings. The monoisotopic (exact) mass is 336 g/mol. The van der Waals surface area contributed by atoms with Gasteiger partial charge in [-0.25, -0.2) is 0 Å². The highest BCUT2D eigenvalue weighted by molar-refractivity contribution is 5.27. The van der Waals surface area contributed by atoms with Crippen LogP contribution in [0.3, 0.4) is 0 Å². The molecule has 0 spiro atoms. The molecular weight excluding hydrogens is 304 g/mol. The first-order valence-electron chi connectivity index (χ1n) is 9.21. The molecule has 2 unspecified atom stereocenters. The van der Waals surface area contributed by atoms with Crippen molar-refractivity contribution in [3.63, 3.8) is 0 Å². The molecule has 3 saturated carbocycles. The van der Waals surface area contributed by atoms with E-state index in [4.69, 9.17) is 5.11 Å². The van der Waals surface area contributed by atoms with Crippen LogP contribution in [0, 0.1) is 35.0 Å². The van der Waals surface area contributed by atoms with Gasteiger partial charge in [-0.1, -0.05) is 39.0 Å². The fraction of sp³-hybridized carbons (Fsp3) is 0.800. The molecule has 3 rings (SSSR count). The predicted octanol–water partition coefficient (Wildman–Crippen LogP) is 1.88. The maximum Gasteiger partial charge on any atom is 0.103 e. The number of hydrogen-bond donors (Lipinski definition) is 4. The maximum absolute atomic E-state index is 10.7. The van der Waals surface area contributed by atoms with E-state index in [0.29, 0.717) is 30.1 Å². The average Bonchev–Trinajstić information content (AvgIpc) is 2.97. The van der Waals surface area contributed by atoms with E-state index in [-0.39, 0.29) is 17.4 Å². The molecule has 0 amide bonds. The molecule has 0 aromatic rings. The summed E-state index contributed by atoms with van der Waals surface area (Å²) in [5, 5.41) is 40.1. The van der Waals surface area contributed by atoms with Crippen LogP contribution in [0.1, 0.15) is 40.0 Å². The zero-order chi connectivity index (χ0) is 17.9. The highest BCUT2D eigenvalue weighted by Crippen LogP contribution is 2.73. The third kappa shape index (κ3) is 2.50. The van der Waals surface area contributed by atoms with E-state index in [2.05, 4.69) is 20.4 Å². The van der Waals surface area contributed by atoms with E-state index < -0.39 is 18.3 Å². The summed E-state index contributed by atoms with van der Waals surface area (Å²) in [6.45, 7) is 9.75. The Morgan fingerprint density at radius 3 is 2.71 bits per heavy atom. The van der Waals surface area contributed by atoms with Gasteiger partial charge in [-0.3, -0.25) is 0 Å². The molecule has 136 valence electrons. The van der Waals surface area contributed by atoms with Gasteiger partial charge in [-0.2, -0.15) is 0 Å². The second-order valence-electron chi connectivity index (χ2n) is 8.88. The van der Waals surface area contributed by atoms with Crippen LogP contribution in [0.15, 0.2) is 24.3 Å². The smallest absolute Gasteiger partial charge is 0.103 e. The molecular formula is C20H32O4. The number of rotatable bonds is 5. The Labute approximate surface area is 144 Å². The lowest BCUT2D eigenvalue weighted by atomic mass is 9.46. The van der Waals surface area contributed by atoms with Crippen molar-refractivity contribution in [2.45, 2.75) is 57.8 Å². The quantitative estimate of drug-likeness (QED) is 0.578. The fourth-order valence-corrected chi connectivity index (χ4v) is 5.99. The summed E-state index contributed by atoms with van der Waals surface area (Å²) in [6, 6.07) is 0. The first-order valence-corrected chi connectivity index (χ1v) is 9.21. The fourth-order valence-electron chi connectivity index (χ4n) is 5.99. The summed E-state index contributed by atoms with van der Waals surface area (Å²) in [5.41, 5.74) is -0.652. The van der Waals surface area contributed by atoms with E-state index in [0.717, 1.165) is 5.57 Å². The van der Waals surface area contributed by atoms with Gasteiger partial charge in [0.25, 0.3) is 0 Å². The molecule has 0 aliphatic heterocycles. The molecule has 24 heavy (non-hydrogen) atoms. The minimum absolute atomic E-state index is 0.0386. The normalized spacial score (nSPS) is 47.8. The Balaban J connectivity index is 1.76. The molecule has 4 nitrogen and oxygen atoms in total. The number of aliphatic hydroxyl groups excluding tert-OH is 3. The van der Waals surface area contributed by atoms with Crippen LogP contribution >= 0.6 is 0 Å². The van der Waals surface area contributed by atoms with Crippen LogP contribution < -0.4 is 0 Å². The van der Waals surface area contributed by atoms with Crippen molar-refractivity contribution in [3.05, 3.63) is 24.3 Å². The molecule has 0 bridgehead atoms. The number of hydrogen-bond acceptors (Lipinski definition) is 4. The number of aliphatic hydroxyl groups is 4. The van der Waals surface area contributed by atoms with Crippen molar-refractivity contribution >= 4 is 0 Å². The van der Waals surface area contributed by atoms with E-state index in [1.54, 1.807) is 0 Å². The molecule has 3 aliphatic carbocycles. The zero-order valence-electron chi connectivity index (χ0n) is 15.0. The van der Waals surface area contributed by atoms with Crippen molar-refractivity contribution in [2.24, 2.45) is 35.0 Å². The first-order chi connectivity index (χ1) is 11.1. The Morgan fingerprint density at radius 2 is 2.08 bits per heavy atom. The van der Waals surface area contributed by atoms with Crippen LogP contribution in [0.25, 0.3) is 0 Å². The minimum atomic E-state index is -1.34. The van der Waals surface area contributed by atoms with Gasteiger partial charge in [0, 0.05) is 5.41 Å². The van der Waals surface area contributed by atoms with E-state index in [9.17, 15) is 15.3 Å². The number of fused-ring (bicyclic) bond motifs is 4. The lowest BCUT2D eigenvalue weighted by molar-refractivity contribution is -0.143. The van der Waals surface area contributed by atoms with Gasteiger partial charge in [0.1, 0.15) is 5.60 Å². The third-order valence-electron chi connectivity index (χ3n) is 7.43. The Hall–Kier alpha value is -0.680. The topological polar surface area (TPSA) is 80.9 Å². The average molecular weight is 336 g/mol. The zero-order valence-corrected chi connectivity index (χ0v) is 15.0. The third-order valence-corrected chi connectivity index (χ3v) is 7.43. The molecule has 0 radical (unpaired) electrons. The van der Waals surface area contributed by atoms with Crippen molar-refractivity contribution in [1.29, 1.82) is 0 Å². The van der Waals surface area contributed by atoms with E-state index in [1.165, 1.54) is 31.9 Å². The molecule has 0 aromatic heterocycles. The first kappa shape index (κ1) is 18.1. The second kappa shape index (κ2) is 5.94. The Kier molecular flexibility index (Phi) is 4.49. The van der Waals surface area contributed by atoms with E-state index >= 15 is 0 Å². The highest BCUT2D eigenvalue weighted by Gasteiger charge is 2.70. The van der Waals surface area contributed by atoms with Gasteiger partial charge in [0.15, 0.2) is 0 Å². The molecule has 0 heterocycles.